The highest BCUT2D eigenvalue weighted by Gasteiger charge is 2.32. The number of halogens is 3. The van der Waals surface area contributed by atoms with E-state index in [1.807, 2.05) is 9.80 Å². The maximum atomic E-state index is 12.4. The fourth-order valence-electron chi connectivity index (χ4n) is 4.88. The molecule has 14 nitrogen and oxygen atoms in total. The van der Waals surface area contributed by atoms with E-state index in [-0.39, 0.29) is 47.5 Å². The summed E-state index contributed by atoms with van der Waals surface area (Å²) in [4.78, 5) is 23.8. The van der Waals surface area contributed by atoms with Crippen molar-refractivity contribution >= 4 is 27.4 Å². The number of pyridine rings is 1. The van der Waals surface area contributed by atoms with Gasteiger partial charge in [-0.2, -0.15) is 8.42 Å². The molecular weight excluding hydrogens is 587 g/mol. The van der Waals surface area contributed by atoms with Crippen molar-refractivity contribution in [2.24, 2.45) is 0 Å². The Bertz CT molecular complexity index is 1560. The lowest BCUT2D eigenvalue weighted by Gasteiger charge is -2.37. The zero-order valence-electron chi connectivity index (χ0n) is 22.1. The number of alkyl halides is 3. The number of ether oxygens (including phenoxy) is 2. The molecule has 1 saturated heterocycles. The molecule has 0 aliphatic carbocycles. The van der Waals surface area contributed by atoms with Gasteiger partial charge in [-0.1, -0.05) is 0 Å². The first-order chi connectivity index (χ1) is 19.8. The Hall–Kier alpha value is -4.16. The molecular formula is C24H26F3N7O7S. The van der Waals surface area contributed by atoms with Gasteiger partial charge in [-0.05, 0) is 47.9 Å². The molecule has 5 rings (SSSR count). The van der Waals surface area contributed by atoms with Crippen LogP contribution in [0.2, 0.25) is 0 Å². The highest BCUT2D eigenvalue weighted by Crippen LogP contribution is 2.29. The maximum Gasteiger partial charge on any atom is 0.573 e. The number of nitrogens with zero attached hydrogens (tertiary/aromatic N) is 7. The summed E-state index contributed by atoms with van der Waals surface area (Å²) < 4.78 is 83.0. The van der Waals surface area contributed by atoms with E-state index in [1.54, 1.807) is 11.9 Å². The number of rotatable bonds is 8. The third kappa shape index (κ3) is 6.66. The predicted molar refractivity (Wildman–Crippen MR) is 141 cm³/mol. The summed E-state index contributed by atoms with van der Waals surface area (Å²) in [5.41, 5.74) is 1.19. The molecule has 2 aliphatic rings. The molecule has 0 radical (unpaired) electrons. The molecule has 0 amide bonds. The Morgan fingerprint density at radius 1 is 1.19 bits per heavy atom. The first kappa shape index (κ1) is 29.3. The second-order valence-electron chi connectivity index (χ2n) is 9.83. The first-order valence-electron chi connectivity index (χ1n) is 12.6. The zero-order valence-corrected chi connectivity index (χ0v) is 23.0. The molecule has 0 unspecified atom stereocenters. The van der Waals surface area contributed by atoms with Crippen LogP contribution in [-0.2, 0) is 23.2 Å². The van der Waals surface area contributed by atoms with Gasteiger partial charge in [0.15, 0.2) is 0 Å². The summed E-state index contributed by atoms with van der Waals surface area (Å²) in [7, 11) is -2.86. The maximum absolute atomic E-state index is 12.4. The van der Waals surface area contributed by atoms with E-state index in [0.29, 0.717) is 44.0 Å². The Morgan fingerprint density at radius 2 is 1.86 bits per heavy atom. The number of likely N-dealkylation sites (N-methyl/N-ethyl adjacent to an activating group) is 1. The average molecular weight is 614 g/mol. The number of hydrogen-bond donors (Lipinski definition) is 1. The molecule has 1 atom stereocenters. The summed E-state index contributed by atoms with van der Waals surface area (Å²) in [5.74, 6) is -0.557. The fourth-order valence-corrected chi connectivity index (χ4v) is 5.59. The van der Waals surface area contributed by atoms with Crippen LogP contribution in [0, 0.1) is 10.1 Å². The van der Waals surface area contributed by atoms with Crippen molar-refractivity contribution in [3.8, 4) is 11.8 Å². The number of imidazole rings is 1. The minimum absolute atomic E-state index is 0.0915. The van der Waals surface area contributed by atoms with E-state index < -0.39 is 21.4 Å². The van der Waals surface area contributed by atoms with Crippen molar-refractivity contribution in [1.29, 1.82) is 0 Å². The highest BCUT2D eigenvalue weighted by molar-refractivity contribution is 7.86. The van der Waals surface area contributed by atoms with Crippen LogP contribution in [0.4, 0.5) is 30.5 Å². The standard InChI is InChI=1S/C24H26F3N7O7S/c1-30(18-13-33-14-21(34(35)36)29-23(33)40-15-18)12-16-10-20(42(37,38)39)22(28-11-16)32-8-6-31(7-9-32)17-2-4-19(5-3-17)41-24(25,26)27/h2-5,10-11,14,18H,6-9,12-13,15H2,1H3,(H,37,38,39)/t18-/m0/s1. The van der Waals surface area contributed by atoms with Crippen LogP contribution in [0.3, 0.4) is 0 Å². The second-order valence-corrected chi connectivity index (χ2v) is 11.2. The van der Waals surface area contributed by atoms with Crippen molar-refractivity contribution in [3.63, 3.8) is 0 Å². The van der Waals surface area contributed by atoms with Crippen LogP contribution < -0.4 is 19.3 Å². The van der Waals surface area contributed by atoms with Crippen molar-refractivity contribution in [2.45, 2.75) is 30.4 Å². The third-order valence-electron chi connectivity index (χ3n) is 6.96. The smallest absolute Gasteiger partial charge is 0.444 e. The quantitative estimate of drug-likeness (QED) is 0.225. The molecule has 2 aliphatic heterocycles. The normalized spacial score (nSPS) is 17.6. The van der Waals surface area contributed by atoms with Crippen LogP contribution in [0.15, 0.2) is 47.6 Å². The Balaban J connectivity index is 1.24. The lowest BCUT2D eigenvalue weighted by atomic mass is 10.2. The van der Waals surface area contributed by atoms with Gasteiger partial charge in [-0.3, -0.25) is 14.0 Å². The van der Waals surface area contributed by atoms with Crippen molar-refractivity contribution in [2.75, 3.05) is 49.6 Å². The van der Waals surface area contributed by atoms with Crippen LogP contribution >= 0.6 is 0 Å². The van der Waals surface area contributed by atoms with E-state index in [1.165, 1.54) is 47.3 Å². The SMILES string of the molecule is CN(Cc1cnc(N2CCN(c3ccc(OC(F)(F)F)cc3)CC2)c(S(=O)(=O)O)c1)[C@@H]1COc2nc([N+](=O)[O-])cn2C1. The molecule has 226 valence electrons. The fraction of sp³-hybridized carbons (Fsp3) is 0.417. The third-order valence-corrected chi connectivity index (χ3v) is 7.82. The molecule has 0 bridgehead atoms. The van der Waals surface area contributed by atoms with E-state index in [2.05, 4.69) is 14.7 Å². The van der Waals surface area contributed by atoms with Gasteiger partial charge >= 0.3 is 18.2 Å². The Morgan fingerprint density at radius 3 is 2.48 bits per heavy atom. The van der Waals surface area contributed by atoms with Gasteiger partial charge in [0.25, 0.3) is 10.1 Å². The van der Waals surface area contributed by atoms with Crippen molar-refractivity contribution in [3.05, 3.63) is 58.4 Å². The molecule has 0 saturated carbocycles. The molecule has 42 heavy (non-hydrogen) atoms. The molecule has 1 N–H and O–H groups in total. The largest absolute Gasteiger partial charge is 0.573 e. The summed E-state index contributed by atoms with van der Waals surface area (Å²) >= 11 is 0. The van der Waals surface area contributed by atoms with Gasteiger partial charge in [-0.25, -0.2) is 4.98 Å². The monoisotopic (exact) mass is 613 g/mol. The summed E-state index contributed by atoms with van der Waals surface area (Å²) in [6, 6.07) is 6.77. The van der Waals surface area contributed by atoms with Crippen LogP contribution in [0.25, 0.3) is 0 Å². The zero-order chi connectivity index (χ0) is 30.2. The van der Waals surface area contributed by atoms with Crippen molar-refractivity contribution in [1.82, 2.24) is 19.4 Å². The van der Waals surface area contributed by atoms with Gasteiger partial charge in [0.2, 0.25) is 0 Å². The summed E-state index contributed by atoms with van der Waals surface area (Å²) in [6.07, 6.45) is -1.97. The van der Waals surface area contributed by atoms with E-state index >= 15 is 0 Å². The summed E-state index contributed by atoms with van der Waals surface area (Å²) in [5, 5.41) is 11.0. The minimum atomic E-state index is -4.78. The molecule has 2 aromatic heterocycles. The lowest BCUT2D eigenvalue weighted by Crippen LogP contribution is -2.47. The van der Waals surface area contributed by atoms with Gasteiger partial charge in [0.1, 0.15) is 29.3 Å². The van der Waals surface area contributed by atoms with Gasteiger partial charge in [-0.15, -0.1) is 13.2 Å². The minimum Gasteiger partial charge on any atom is -0.444 e. The number of nitro groups is 1. The molecule has 18 heteroatoms. The molecule has 0 spiro atoms. The average Bonchev–Trinajstić information content (AvgIpc) is 3.36. The second kappa shape index (κ2) is 11.3. The van der Waals surface area contributed by atoms with E-state index in [4.69, 9.17) is 4.74 Å². The first-order valence-corrected chi connectivity index (χ1v) is 14.1. The van der Waals surface area contributed by atoms with Crippen LogP contribution in [-0.4, -0.2) is 89.6 Å². The molecule has 4 heterocycles. The molecule has 1 fully saturated rings. The van der Waals surface area contributed by atoms with Gasteiger partial charge in [0.05, 0.1) is 6.04 Å². The number of aromatic nitrogens is 3. The van der Waals surface area contributed by atoms with Crippen molar-refractivity contribution < 1.29 is 40.5 Å². The Labute approximate surface area is 237 Å². The topological polar surface area (TPSA) is 156 Å². The number of anilines is 2. The Kier molecular flexibility index (Phi) is 7.86. The van der Waals surface area contributed by atoms with Crippen LogP contribution in [0.1, 0.15) is 5.56 Å². The molecule has 1 aromatic carbocycles. The van der Waals surface area contributed by atoms with Gasteiger partial charge < -0.3 is 29.4 Å². The number of benzene rings is 1. The predicted octanol–water partition coefficient (Wildman–Crippen LogP) is 2.55. The molecule has 3 aromatic rings. The summed E-state index contributed by atoms with van der Waals surface area (Å²) in [6.45, 7) is 2.36. The number of piperazine rings is 1. The highest BCUT2D eigenvalue weighted by atomic mass is 32.2. The van der Waals surface area contributed by atoms with Gasteiger partial charge in [0, 0.05) is 56.1 Å². The van der Waals surface area contributed by atoms with E-state index in [9.17, 15) is 36.3 Å². The number of hydrogen-bond acceptors (Lipinski definition) is 11. The number of fused-ring (bicyclic) bond motifs is 1. The van der Waals surface area contributed by atoms with Crippen LogP contribution in [0.5, 0.6) is 11.8 Å². The van der Waals surface area contributed by atoms with E-state index in [0.717, 1.165) is 0 Å². The lowest BCUT2D eigenvalue weighted by molar-refractivity contribution is -0.389.